The molecule has 0 atom stereocenters. The molecule has 0 heterocycles. The molecule has 2 amide bonds. The summed E-state index contributed by atoms with van der Waals surface area (Å²) in [6, 6.07) is 9.30. The molecule has 0 saturated heterocycles. The second-order valence-electron chi connectivity index (χ2n) is 5.44. The van der Waals surface area contributed by atoms with Crippen LogP contribution in [0, 0.1) is 0 Å². The number of benzene rings is 2. The highest BCUT2D eigenvalue weighted by molar-refractivity contribution is 5.96. The van der Waals surface area contributed by atoms with Crippen LogP contribution in [-0.4, -0.2) is 32.4 Å². The zero-order valence-corrected chi connectivity index (χ0v) is 14.9. The minimum Gasteiger partial charge on any atom is -0.493 e. The predicted molar refractivity (Wildman–Crippen MR) is 92.0 cm³/mol. The van der Waals surface area contributed by atoms with Crippen molar-refractivity contribution < 1.29 is 37.0 Å². The standard InChI is InChI=1S/C18H17F3N2O5/c1-26-14-8-5-12(10-15(14)27-2)17(25)23-22-16(24)9-11-3-6-13(7-4-11)28-18(19,20)21/h3-8,10H,9H2,1-2H3,(H,22,24)(H,23,25). The highest BCUT2D eigenvalue weighted by Crippen LogP contribution is 2.27. The summed E-state index contributed by atoms with van der Waals surface area (Å²) < 4.78 is 50.3. The summed E-state index contributed by atoms with van der Waals surface area (Å²) in [5.74, 6) is -0.733. The first kappa shape index (κ1) is 20.9. The van der Waals surface area contributed by atoms with E-state index in [-0.39, 0.29) is 12.0 Å². The Hall–Kier alpha value is -3.43. The van der Waals surface area contributed by atoms with Crippen LogP contribution in [0.3, 0.4) is 0 Å². The van der Waals surface area contributed by atoms with Gasteiger partial charge in [0.05, 0.1) is 20.6 Å². The lowest BCUT2D eigenvalue weighted by Gasteiger charge is -2.11. The fourth-order valence-electron chi connectivity index (χ4n) is 2.21. The summed E-state index contributed by atoms with van der Waals surface area (Å²) in [6.07, 6.45) is -4.94. The average Bonchev–Trinajstić information content (AvgIpc) is 2.66. The summed E-state index contributed by atoms with van der Waals surface area (Å²) in [7, 11) is 2.88. The van der Waals surface area contributed by atoms with Crippen molar-refractivity contribution in [2.45, 2.75) is 12.8 Å². The Morgan fingerprint density at radius 2 is 1.57 bits per heavy atom. The molecule has 0 saturated carbocycles. The lowest BCUT2D eigenvalue weighted by atomic mass is 10.1. The topological polar surface area (TPSA) is 85.9 Å². The Kier molecular flexibility index (Phi) is 6.69. The zero-order chi connectivity index (χ0) is 20.7. The number of hydrogen-bond donors (Lipinski definition) is 2. The molecule has 0 aliphatic heterocycles. The maximum absolute atomic E-state index is 12.1. The van der Waals surface area contributed by atoms with Gasteiger partial charge in [0, 0.05) is 5.56 Å². The highest BCUT2D eigenvalue weighted by Gasteiger charge is 2.30. The summed E-state index contributed by atoms with van der Waals surface area (Å²) in [5, 5.41) is 0. The average molecular weight is 398 g/mol. The molecule has 0 bridgehead atoms. The van der Waals surface area contributed by atoms with Crippen molar-refractivity contribution in [3.8, 4) is 17.2 Å². The number of hydrazine groups is 1. The van der Waals surface area contributed by atoms with E-state index in [4.69, 9.17) is 9.47 Å². The first-order valence-electron chi connectivity index (χ1n) is 7.87. The van der Waals surface area contributed by atoms with Crippen LogP contribution in [0.5, 0.6) is 17.2 Å². The van der Waals surface area contributed by atoms with Gasteiger partial charge in [-0.1, -0.05) is 12.1 Å². The van der Waals surface area contributed by atoms with E-state index in [0.29, 0.717) is 17.1 Å². The van der Waals surface area contributed by atoms with Gasteiger partial charge in [-0.05, 0) is 35.9 Å². The van der Waals surface area contributed by atoms with E-state index >= 15 is 0 Å². The van der Waals surface area contributed by atoms with Gasteiger partial charge in [-0.25, -0.2) is 0 Å². The number of carbonyl (C=O) groups excluding carboxylic acids is 2. The van der Waals surface area contributed by atoms with Gasteiger partial charge < -0.3 is 14.2 Å². The monoisotopic (exact) mass is 398 g/mol. The fraction of sp³-hybridized carbons (Fsp3) is 0.222. The van der Waals surface area contributed by atoms with Crippen molar-refractivity contribution in [1.82, 2.24) is 10.9 Å². The van der Waals surface area contributed by atoms with E-state index in [1.165, 1.54) is 38.5 Å². The van der Waals surface area contributed by atoms with E-state index in [9.17, 15) is 22.8 Å². The summed E-state index contributed by atoms with van der Waals surface area (Å²) in [5.41, 5.74) is 5.13. The van der Waals surface area contributed by atoms with Gasteiger partial charge in [0.1, 0.15) is 5.75 Å². The van der Waals surface area contributed by atoms with E-state index < -0.39 is 23.9 Å². The number of amides is 2. The number of halogens is 3. The molecule has 2 aromatic rings. The van der Waals surface area contributed by atoms with Crippen molar-refractivity contribution in [1.29, 1.82) is 0 Å². The Bertz CT molecular complexity index is 838. The number of alkyl halides is 3. The SMILES string of the molecule is COc1ccc(C(=O)NNC(=O)Cc2ccc(OC(F)(F)F)cc2)cc1OC. The Morgan fingerprint density at radius 3 is 2.14 bits per heavy atom. The van der Waals surface area contributed by atoms with Crippen LogP contribution in [0.25, 0.3) is 0 Å². The van der Waals surface area contributed by atoms with Gasteiger partial charge in [-0.15, -0.1) is 13.2 Å². The first-order valence-corrected chi connectivity index (χ1v) is 7.87. The maximum Gasteiger partial charge on any atom is 0.573 e. The minimum absolute atomic E-state index is 0.154. The second kappa shape index (κ2) is 8.98. The maximum atomic E-state index is 12.1. The molecular weight excluding hydrogens is 381 g/mol. The molecule has 28 heavy (non-hydrogen) atoms. The molecule has 0 radical (unpaired) electrons. The van der Waals surface area contributed by atoms with Gasteiger partial charge in [0.15, 0.2) is 11.5 Å². The van der Waals surface area contributed by atoms with Crippen LogP contribution in [0.4, 0.5) is 13.2 Å². The summed E-state index contributed by atoms with van der Waals surface area (Å²) in [6.45, 7) is 0. The lowest BCUT2D eigenvalue weighted by molar-refractivity contribution is -0.274. The molecule has 0 aliphatic rings. The van der Waals surface area contributed by atoms with Gasteiger partial charge in [0.25, 0.3) is 5.91 Å². The Labute approximate surface area is 158 Å². The number of nitrogens with one attached hydrogen (secondary N) is 2. The van der Waals surface area contributed by atoms with Crippen LogP contribution < -0.4 is 25.1 Å². The molecule has 2 N–H and O–H groups in total. The molecule has 0 unspecified atom stereocenters. The molecule has 10 heteroatoms. The van der Waals surface area contributed by atoms with Crippen LogP contribution in [-0.2, 0) is 11.2 Å². The normalized spacial score (nSPS) is 10.8. The van der Waals surface area contributed by atoms with E-state index in [1.54, 1.807) is 6.07 Å². The fourth-order valence-corrected chi connectivity index (χ4v) is 2.21. The number of ether oxygens (including phenoxy) is 3. The number of hydrogen-bond acceptors (Lipinski definition) is 5. The zero-order valence-electron chi connectivity index (χ0n) is 14.9. The van der Waals surface area contributed by atoms with Crippen molar-refractivity contribution in [3.05, 3.63) is 53.6 Å². The van der Waals surface area contributed by atoms with Crippen molar-refractivity contribution >= 4 is 11.8 Å². The number of rotatable bonds is 6. The second-order valence-corrected chi connectivity index (χ2v) is 5.44. The molecule has 0 spiro atoms. The first-order chi connectivity index (χ1) is 13.2. The summed E-state index contributed by atoms with van der Waals surface area (Å²) in [4.78, 5) is 24.0. The molecule has 7 nitrogen and oxygen atoms in total. The molecule has 2 aromatic carbocycles. The highest BCUT2D eigenvalue weighted by atomic mass is 19.4. The molecule has 0 aliphatic carbocycles. The predicted octanol–water partition coefficient (Wildman–Crippen LogP) is 2.61. The Balaban J connectivity index is 1.89. The van der Waals surface area contributed by atoms with Gasteiger partial charge in [-0.3, -0.25) is 20.4 Å². The van der Waals surface area contributed by atoms with Crippen LogP contribution in [0.1, 0.15) is 15.9 Å². The number of carbonyl (C=O) groups is 2. The van der Waals surface area contributed by atoms with Gasteiger partial charge >= 0.3 is 6.36 Å². The number of methoxy groups -OCH3 is 2. The van der Waals surface area contributed by atoms with E-state index in [1.807, 2.05) is 0 Å². The van der Waals surface area contributed by atoms with Crippen LogP contribution in [0.15, 0.2) is 42.5 Å². The largest absolute Gasteiger partial charge is 0.573 e. The van der Waals surface area contributed by atoms with Crippen LogP contribution in [0.2, 0.25) is 0 Å². The molecule has 150 valence electrons. The smallest absolute Gasteiger partial charge is 0.493 e. The lowest BCUT2D eigenvalue weighted by Crippen LogP contribution is -2.42. The summed E-state index contributed by atoms with van der Waals surface area (Å²) >= 11 is 0. The third kappa shape index (κ3) is 6.08. The third-order valence-electron chi connectivity index (χ3n) is 3.48. The van der Waals surface area contributed by atoms with Crippen molar-refractivity contribution in [2.75, 3.05) is 14.2 Å². The molecule has 0 fully saturated rings. The quantitative estimate of drug-likeness (QED) is 0.731. The molecule has 0 aromatic heterocycles. The minimum atomic E-state index is -4.78. The van der Waals surface area contributed by atoms with Crippen LogP contribution >= 0.6 is 0 Å². The third-order valence-corrected chi connectivity index (χ3v) is 3.48. The van der Waals surface area contributed by atoms with Gasteiger partial charge in [0.2, 0.25) is 5.91 Å². The van der Waals surface area contributed by atoms with E-state index in [2.05, 4.69) is 15.6 Å². The molecular formula is C18H17F3N2O5. The Morgan fingerprint density at radius 1 is 0.929 bits per heavy atom. The molecule has 2 rings (SSSR count). The van der Waals surface area contributed by atoms with Crippen molar-refractivity contribution in [2.24, 2.45) is 0 Å². The van der Waals surface area contributed by atoms with E-state index in [0.717, 1.165) is 12.1 Å². The van der Waals surface area contributed by atoms with Crippen molar-refractivity contribution in [3.63, 3.8) is 0 Å². The van der Waals surface area contributed by atoms with Gasteiger partial charge in [-0.2, -0.15) is 0 Å².